The molecule has 0 unspecified atom stereocenters. The highest BCUT2D eigenvalue weighted by Gasteiger charge is 2.32. The number of carbonyl (C=O) groups excluding carboxylic acids is 2. The average Bonchev–Trinajstić information content (AvgIpc) is 2.56. The Hall–Kier alpha value is -2.74. The Bertz CT molecular complexity index is 761. The van der Waals surface area contributed by atoms with Gasteiger partial charge in [-0.15, -0.1) is 6.58 Å². The summed E-state index contributed by atoms with van der Waals surface area (Å²) in [5.74, 6) is -1.51. The quantitative estimate of drug-likeness (QED) is 0.379. The van der Waals surface area contributed by atoms with Gasteiger partial charge < -0.3 is 9.47 Å². The third kappa shape index (κ3) is 3.28. The molecule has 0 saturated carbocycles. The SMILES string of the molecule is C=CCN1C(=O)C(=Cc2cc(OC)c(OC)cc2F)C(=O)NC1=S. The van der Waals surface area contributed by atoms with Gasteiger partial charge in [-0.1, -0.05) is 6.08 Å². The highest BCUT2D eigenvalue weighted by Crippen LogP contribution is 2.31. The summed E-state index contributed by atoms with van der Waals surface area (Å²) >= 11 is 4.95. The van der Waals surface area contributed by atoms with Crippen LogP contribution >= 0.6 is 12.2 Å². The van der Waals surface area contributed by atoms with Crippen molar-refractivity contribution in [2.45, 2.75) is 0 Å². The van der Waals surface area contributed by atoms with E-state index in [1.807, 2.05) is 0 Å². The Morgan fingerprint density at radius 1 is 1.29 bits per heavy atom. The molecule has 2 rings (SSSR count). The van der Waals surface area contributed by atoms with Gasteiger partial charge in [-0.2, -0.15) is 0 Å². The molecule has 8 heteroatoms. The molecule has 1 fully saturated rings. The Morgan fingerprint density at radius 3 is 2.50 bits per heavy atom. The first-order valence-corrected chi connectivity index (χ1v) is 7.25. The van der Waals surface area contributed by atoms with Crippen LogP contribution in [-0.4, -0.2) is 42.6 Å². The zero-order valence-electron chi connectivity index (χ0n) is 13.1. The highest BCUT2D eigenvalue weighted by molar-refractivity contribution is 7.80. The van der Waals surface area contributed by atoms with Crippen molar-refractivity contribution < 1.29 is 23.5 Å². The molecule has 2 amide bonds. The van der Waals surface area contributed by atoms with Gasteiger partial charge in [0.05, 0.1) is 14.2 Å². The van der Waals surface area contributed by atoms with Gasteiger partial charge in [0, 0.05) is 18.2 Å². The maximum Gasteiger partial charge on any atom is 0.265 e. The van der Waals surface area contributed by atoms with E-state index in [9.17, 15) is 14.0 Å². The molecule has 0 atom stereocenters. The zero-order valence-corrected chi connectivity index (χ0v) is 13.9. The van der Waals surface area contributed by atoms with Crippen LogP contribution in [0.15, 0.2) is 30.4 Å². The van der Waals surface area contributed by atoms with Crippen LogP contribution in [0.25, 0.3) is 6.08 Å². The fourth-order valence-corrected chi connectivity index (χ4v) is 2.38. The molecule has 0 bridgehead atoms. The van der Waals surface area contributed by atoms with Gasteiger partial charge in [-0.3, -0.25) is 19.8 Å². The van der Waals surface area contributed by atoms with E-state index in [1.54, 1.807) is 0 Å². The summed E-state index contributed by atoms with van der Waals surface area (Å²) in [6.07, 6.45) is 2.61. The number of methoxy groups -OCH3 is 2. The van der Waals surface area contributed by atoms with Crippen molar-refractivity contribution in [3.8, 4) is 11.5 Å². The third-order valence-electron chi connectivity index (χ3n) is 3.30. The molecule has 126 valence electrons. The number of ether oxygens (including phenoxy) is 2. The van der Waals surface area contributed by atoms with Crippen molar-refractivity contribution in [2.75, 3.05) is 20.8 Å². The lowest BCUT2D eigenvalue weighted by atomic mass is 10.1. The second kappa shape index (κ2) is 7.22. The minimum Gasteiger partial charge on any atom is -0.493 e. The second-order valence-corrected chi connectivity index (χ2v) is 5.14. The number of rotatable bonds is 5. The maximum atomic E-state index is 14.2. The van der Waals surface area contributed by atoms with E-state index in [-0.39, 0.29) is 34.3 Å². The van der Waals surface area contributed by atoms with Crippen LogP contribution in [0.1, 0.15) is 5.56 Å². The Morgan fingerprint density at radius 2 is 1.92 bits per heavy atom. The molecule has 0 spiro atoms. The van der Waals surface area contributed by atoms with Crippen LogP contribution in [0, 0.1) is 5.82 Å². The van der Waals surface area contributed by atoms with Gasteiger partial charge in [0.25, 0.3) is 11.8 Å². The third-order valence-corrected chi connectivity index (χ3v) is 3.62. The molecule has 6 nitrogen and oxygen atoms in total. The van der Waals surface area contributed by atoms with Crippen LogP contribution in [0.2, 0.25) is 0 Å². The van der Waals surface area contributed by atoms with Gasteiger partial charge in [0.1, 0.15) is 11.4 Å². The monoisotopic (exact) mass is 350 g/mol. The number of amides is 2. The van der Waals surface area contributed by atoms with Crippen molar-refractivity contribution in [3.05, 3.63) is 41.7 Å². The molecular weight excluding hydrogens is 335 g/mol. The molecule has 0 aromatic heterocycles. The number of hydrogen-bond donors (Lipinski definition) is 1. The standard InChI is InChI=1S/C16H15FN2O4S/c1-4-5-19-15(21)10(14(20)18-16(19)24)6-9-7-12(22-2)13(23-3)8-11(9)17/h4,6-8H,1,5H2,2-3H3,(H,18,20,24). The van der Waals surface area contributed by atoms with Crippen molar-refractivity contribution in [2.24, 2.45) is 0 Å². The van der Waals surface area contributed by atoms with Gasteiger partial charge in [0.15, 0.2) is 16.6 Å². The van der Waals surface area contributed by atoms with Crippen LogP contribution in [0.4, 0.5) is 4.39 Å². The molecule has 1 aliphatic heterocycles. The first-order chi connectivity index (χ1) is 11.4. The molecule has 24 heavy (non-hydrogen) atoms. The summed E-state index contributed by atoms with van der Waals surface area (Å²) in [6.45, 7) is 3.66. The number of thiocarbonyl (C=S) groups is 1. The number of hydrogen-bond acceptors (Lipinski definition) is 5. The van der Waals surface area contributed by atoms with Gasteiger partial charge in [-0.25, -0.2) is 4.39 Å². The first-order valence-electron chi connectivity index (χ1n) is 6.84. The molecule has 1 saturated heterocycles. The minimum absolute atomic E-state index is 0.0116. The van der Waals surface area contributed by atoms with E-state index >= 15 is 0 Å². The summed E-state index contributed by atoms with van der Waals surface area (Å²) in [7, 11) is 2.77. The average molecular weight is 350 g/mol. The number of nitrogens with zero attached hydrogens (tertiary/aromatic N) is 1. The van der Waals surface area contributed by atoms with Gasteiger partial charge >= 0.3 is 0 Å². The number of carbonyl (C=O) groups is 2. The molecule has 1 aliphatic rings. The molecule has 1 aromatic rings. The minimum atomic E-state index is -0.695. The van der Waals surface area contributed by atoms with E-state index in [2.05, 4.69) is 11.9 Å². The Kier molecular flexibility index (Phi) is 5.30. The Balaban J connectivity index is 2.49. The van der Waals surface area contributed by atoms with E-state index < -0.39 is 17.6 Å². The number of halogens is 1. The summed E-state index contributed by atoms with van der Waals surface area (Å²) in [4.78, 5) is 25.6. The topological polar surface area (TPSA) is 67.9 Å². The largest absolute Gasteiger partial charge is 0.493 e. The predicted molar refractivity (Wildman–Crippen MR) is 90.1 cm³/mol. The maximum absolute atomic E-state index is 14.2. The Labute approximate surface area is 143 Å². The van der Waals surface area contributed by atoms with Crippen molar-refractivity contribution in [1.29, 1.82) is 0 Å². The summed E-state index contributed by atoms with van der Waals surface area (Å²) < 4.78 is 24.3. The molecule has 0 aliphatic carbocycles. The van der Waals surface area contributed by atoms with E-state index in [4.69, 9.17) is 21.7 Å². The normalized spacial score (nSPS) is 16.2. The lowest BCUT2D eigenvalue weighted by molar-refractivity contribution is -0.128. The lowest BCUT2D eigenvalue weighted by Gasteiger charge is -2.27. The van der Waals surface area contributed by atoms with Crippen molar-refractivity contribution >= 4 is 35.2 Å². The molecule has 1 heterocycles. The van der Waals surface area contributed by atoms with Crippen LogP contribution < -0.4 is 14.8 Å². The van der Waals surface area contributed by atoms with Crippen LogP contribution in [0.3, 0.4) is 0 Å². The lowest BCUT2D eigenvalue weighted by Crippen LogP contribution is -2.53. The van der Waals surface area contributed by atoms with E-state index in [1.165, 1.54) is 26.4 Å². The van der Waals surface area contributed by atoms with Gasteiger partial charge in [0.2, 0.25) is 0 Å². The predicted octanol–water partition coefficient (Wildman–Crippen LogP) is 1.66. The van der Waals surface area contributed by atoms with Crippen LogP contribution in [0.5, 0.6) is 11.5 Å². The van der Waals surface area contributed by atoms with E-state index in [0.29, 0.717) is 0 Å². The fraction of sp³-hybridized carbons (Fsp3) is 0.188. The molecular formula is C16H15FN2O4S. The van der Waals surface area contributed by atoms with E-state index in [0.717, 1.165) is 17.0 Å². The smallest absolute Gasteiger partial charge is 0.265 e. The number of benzene rings is 1. The molecule has 1 aromatic carbocycles. The fourth-order valence-electron chi connectivity index (χ4n) is 2.12. The zero-order chi connectivity index (χ0) is 17.9. The summed E-state index contributed by atoms with van der Waals surface area (Å²) in [5, 5.41) is 2.37. The van der Waals surface area contributed by atoms with Gasteiger partial charge in [-0.05, 0) is 24.4 Å². The highest BCUT2D eigenvalue weighted by atomic mass is 32.1. The first kappa shape index (κ1) is 17.6. The summed E-state index contributed by atoms with van der Waals surface area (Å²) in [5.41, 5.74) is -0.228. The molecule has 1 N–H and O–H groups in total. The van der Waals surface area contributed by atoms with Crippen molar-refractivity contribution in [3.63, 3.8) is 0 Å². The summed E-state index contributed by atoms with van der Waals surface area (Å²) in [6, 6.07) is 2.45. The van der Waals surface area contributed by atoms with Crippen LogP contribution in [-0.2, 0) is 9.59 Å². The second-order valence-electron chi connectivity index (χ2n) is 4.75. The molecule has 0 radical (unpaired) electrons. The number of nitrogens with one attached hydrogen (secondary N) is 1. The van der Waals surface area contributed by atoms with Crippen molar-refractivity contribution in [1.82, 2.24) is 10.2 Å².